The lowest BCUT2D eigenvalue weighted by molar-refractivity contribution is 0.184. The van der Waals surface area contributed by atoms with E-state index in [0.717, 1.165) is 0 Å². The van der Waals surface area contributed by atoms with Gasteiger partial charge in [0.15, 0.2) is 9.84 Å². The minimum absolute atomic E-state index is 0.227. The van der Waals surface area contributed by atoms with Crippen molar-refractivity contribution >= 4 is 21.4 Å². The van der Waals surface area contributed by atoms with Gasteiger partial charge in [0.25, 0.3) is 0 Å². The number of hydrogen-bond acceptors (Lipinski definition) is 3. The maximum absolute atomic E-state index is 12.0. The summed E-state index contributed by atoms with van der Waals surface area (Å²) in [7, 11) is -3.37. The maximum Gasteiger partial charge on any atom is 0.181 e. The van der Waals surface area contributed by atoms with Crippen molar-refractivity contribution in [1.82, 2.24) is 0 Å². The van der Waals surface area contributed by atoms with Crippen LogP contribution in [0.3, 0.4) is 0 Å². The smallest absolute Gasteiger partial charge is 0.181 e. The van der Waals surface area contributed by atoms with Crippen LogP contribution in [0.2, 0.25) is 5.02 Å². The fourth-order valence-electron chi connectivity index (χ4n) is 1.46. The van der Waals surface area contributed by atoms with Gasteiger partial charge in [0, 0.05) is 5.02 Å². The van der Waals surface area contributed by atoms with Gasteiger partial charge in [-0.1, -0.05) is 11.6 Å². The minimum Gasteiger partial charge on any atom is -0.393 e. The van der Waals surface area contributed by atoms with Crippen LogP contribution in [0.4, 0.5) is 0 Å². The van der Waals surface area contributed by atoms with Crippen LogP contribution in [0.1, 0.15) is 20.3 Å². The zero-order valence-electron chi connectivity index (χ0n) is 9.22. The van der Waals surface area contributed by atoms with E-state index in [1.54, 1.807) is 26.0 Å². The Morgan fingerprint density at radius 1 is 1.25 bits per heavy atom. The largest absolute Gasteiger partial charge is 0.393 e. The summed E-state index contributed by atoms with van der Waals surface area (Å²) in [5.74, 6) is 0. The number of rotatable bonds is 4. The predicted molar refractivity (Wildman–Crippen MR) is 64.4 cm³/mol. The van der Waals surface area contributed by atoms with Gasteiger partial charge in [0.1, 0.15) is 0 Å². The Labute approximate surface area is 101 Å². The van der Waals surface area contributed by atoms with E-state index in [0.29, 0.717) is 5.02 Å². The minimum atomic E-state index is -3.37. The standard InChI is InChI=1S/C11H15ClO3S/c1-8(13)7-9(2)16(14,15)11-5-3-10(12)4-6-11/h3-6,8-9,13H,7H2,1-2H3. The number of aliphatic hydroxyl groups excluding tert-OH is 1. The van der Waals surface area contributed by atoms with E-state index in [1.807, 2.05) is 0 Å². The van der Waals surface area contributed by atoms with Gasteiger partial charge < -0.3 is 5.11 Å². The quantitative estimate of drug-likeness (QED) is 0.906. The Kier molecular flexibility index (Phi) is 4.35. The molecule has 2 atom stereocenters. The second-order valence-corrected chi connectivity index (χ2v) is 6.70. The second kappa shape index (κ2) is 5.17. The topological polar surface area (TPSA) is 54.4 Å². The van der Waals surface area contributed by atoms with Crippen LogP contribution in [-0.4, -0.2) is 24.9 Å². The molecule has 0 saturated carbocycles. The van der Waals surface area contributed by atoms with E-state index < -0.39 is 21.2 Å². The molecule has 1 rings (SSSR count). The van der Waals surface area contributed by atoms with Gasteiger partial charge in [0.05, 0.1) is 16.2 Å². The first-order valence-electron chi connectivity index (χ1n) is 5.01. The van der Waals surface area contributed by atoms with E-state index in [4.69, 9.17) is 11.6 Å². The third-order valence-electron chi connectivity index (χ3n) is 2.34. The van der Waals surface area contributed by atoms with Crippen molar-refractivity contribution in [2.45, 2.75) is 36.5 Å². The van der Waals surface area contributed by atoms with E-state index in [-0.39, 0.29) is 11.3 Å². The van der Waals surface area contributed by atoms with Crippen LogP contribution in [0.5, 0.6) is 0 Å². The number of sulfone groups is 1. The summed E-state index contributed by atoms with van der Waals surface area (Å²) in [5, 5.41) is 9.09. The van der Waals surface area contributed by atoms with Gasteiger partial charge in [-0.25, -0.2) is 8.42 Å². The van der Waals surface area contributed by atoms with Gasteiger partial charge >= 0.3 is 0 Å². The molecule has 1 aromatic rings. The van der Waals surface area contributed by atoms with Crippen LogP contribution < -0.4 is 0 Å². The average Bonchev–Trinajstić information content (AvgIpc) is 2.17. The SMILES string of the molecule is CC(O)CC(C)S(=O)(=O)c1ccc(Cl)cc1. The first kappa shape index (κ1) is 13.5. The molecular formula is C11H15ClO3S. The third kappa shape index (κ3) is 3.20. The number of aliphatic hydroxyl groups is 1. The summed E-state index contributed by atoms with van der Waals surface area (Å²) >= 11 is 5.69. The van der Waals surface area contributed by atoms with Gasteiger partial charge in [-0.3, -0.25) is 0 Å². The van der Waals surface area contributed by atoms with Crippen molar-refractivity contribution in [2.24, 2.45) is 0 Å². The molecule has 0 bridgehead atoms. The zero-order valence-corrected chi connectivity index (χ0v) is 10.8. The highest BCUT2D eigenvalue weighted by Crippen LogP contribution is 2.21. The molecule has 0 aromatic heterocycles. The van der Waals surface area contributed by atoms with Crippen molar-refractivity contribution in [2.75, 3.05) is 0 Å². The summed E-state index contributed by atoms with van der Waals surface area (Å²) in [6, 6.07) is 6.06. The monoisotopic (exact) mass is 262 g/mol. The van der Waals surface area contributed by atoms with E-state index in [2.05, 4.69) is 0 Å². The number of halogens is 1. The van der Waals surface area contributed by atoms with Gasteiger partial charge in [-0.15, -0.1) is 0 Å². The van der Waals surface area contributed by atoms with Crippen molar-refractivity contribution < 1.29 is 13.5 Å². The Bertz CT molecular complexity index is 437. The third-order valence-corrected chi connectivity index (χ3v) is 4.78. The average molecular weight is 263 g/mol. The highest BCUT2D eigenvalue weighted by Gasteiger charge is 2.24. The highest BCUT2D eigenvalue weighted by atomic mass is 35.5. The van der Waals surface area contributed by atoms with Gasteiger partial charge in [0.2, 0.25) is 0 Å². The maximum atomic E-state index is 12.0. The van der Waals surface area contributed by atoms with Crippen LogP contribution in [0, 0.1) is 0 Å². The molecule has 0 fully saturated rings. The molecule has 0 aliphatic rings. The molecule has 1 aromatic carbocycles. The normalized spacial score (nSPS) is 15.8. The molecule has 3 nitrogen and oxygen atoms in total. The van der Waals surface area contributed by atoms with E-state index in [1.165, 1.54) is 12.1 Å². The predicted octanol–water partition coefficient (Wildman–Crippen LogP) is 2.27. The van der Waals surface area contributed by atoms with Gasteiger partial charge in [-0.2, -0.15) is 0 Å². The Morgan fingerprint density at radius 2 is 1.75 bits per heavy atom. The Hall–Kier alpha value is -0.580. The fourth-order valence-corrected chi connectivity index (χ4v) is 3.10. The van der Waals surface area contributed by atoms with E-state index >= 15 is 0 Å². The molecule has 0 spiro atoms. The second-order valence-electron chi connectivity index (χ2n) is 3.89. The van der Waals surface area contributed by atoms with Crippen LogP contribution in [-0.2, 0) is 9.84 Å². The van der Waals surface area contributed by atoms with Crippen LogP contribution in [0.25, 0.3) is 0 Å². The molecule has 5 heteroatoms. The molecule has 2 unspecified atom stereocenters. The first-order chi connectivity index (χ1) is 7.34. The molecule has 0 aliphatic carbocycles. The molecule has 0 radical (unpaired) electrons. The molecule has 0 amide bonds. The molecule has 0 saturated heterocycles. The molecular weight excluding hydrogens is 248 g/mol. The van der Waals surface area contributed by atoms with Crippen molar-refractivity contribution in [3.8, 4) is 0 Å². The van der Waals surface area contributed by atoms with Gasteiger partial charge in [-0.05, 0) is 44.5 Å². The lowest BCUT2D eigenvalue weighted by atomic mass is 10.2. The lowest BCUT2D eigenvalue weighted by Gasteiger charge is -2.14. The lowest BCUT2D eigenvalue weighted by Crippen LogP contribution is -2.22. The first-order valence-corrected chi connectivity index (χ1v) is 6.94. The number of benzene rings is 1. The summed E-state index contributed by atoms with van der Waals surface area (Å²) in [6.45, 7) is 3.17. The molecule has 16 heavy (non-hydrogen) atoms. The van der Waals surface area contributed by atoms with E-state index in [9.17, 15) is 13.5 Å². The Balaban J connectivity index is 2.97. The molecule has 90 valence electrons. The fraction of sp³-hybridized carbons (Fsp3) is 0.455. The molecule has 0 heterocycles. The van der Waals surface area contributed by atoms with Crippen molar-refractivity contribution in [3.63, 3.8) is 0 Å². The van der Waals surface area contributed by atoms with Crippen molar-refractivity contribution in [3.05, 3.63) is 29.3 Å². The van der Waals surface area contributed by atoms with Crippen molar-refractivity contribution in [1.29, 1.82) is 0 Å². The summed E-state index contributed by atoms with van der Waals surface area (Å²) in [5.41, 5.74) is 0. The summed E-state index contributed by atoms with van der Waals surface area (Å²) in [4.78, 5) is 0.241. The Morgan fingerprint density at radius 3 is 2.19 bits per heavy atom. The van der Waals surface area contributed by atoms with Crippen LogP contribution in [0.15, 0.2) is 29.2 Å². The number of hydrogen-bond donors (Lipinski definition) is 1. The zero-order chi connectivity index (χ0) is 12.3. The summed E-state index contributed by atoms with van der Waals surface area (Å²) in [6.07, 6.45) is -0.401. The highest BCUT2D eigenvalue weighted by molar-refractivity contribution is 7.92. The summed E-state index contributed by atoms with van der Waals surface area (Å²) < 4.78 is 24.0. The molecule has 0 aliphatic heterocycles. The van der Waals surface area contributed by atoms with Crippen LogP contribution >= 0.6 is 11.6 Å². The molecule has 1 N–H and O–H groups in total.